The van der Waals surface area contributed by atoms with E-state index in [-0.39, 0.29) is 12.2 Å². The monoisotopic (exact) mass is 295 g/mol. The van der Waals surface area contributed by atoms with Gasteiger partial charge in [0.15, 0.2) is 0 Å². The predicted octanol–water partition coefficient (Wildman–Crippen LogP) is 0.468. The van der Waals surface area contributed by atoms with E-state index in [0.717, 1.165) is 4.57 Å². The Kier molecular flexibility index (Phi) is 4.46. The van der Waals surface area contributed by atoms with Gasteiger partial charge in [-0.1, -0.05) is 5.11 Å². The molecule has 0 radical (unpaired) electrons. The molecule has 2 heterocycles. The molecule has 0 N–H and O–H groups in total. The van der Waals surface area contributed by atoms with Crippen molar-refractivity contribution in [1.29, 1.82) is 0 Å². The SMILES string of the molecule is COCC1O[C@@H](n2cc(C)c(=O)n(C)c2=O)C[C@@H]1N=[N+]=[N-]. The third kappa shape index (κ3) is 2.85. The third-order valence-corrected chi connectivity index (χ3v) is 3.53. The predicted molar refractivity (Wildman–Crippen MR) is 74.0 cm³/mol. The lowest BCUT2D eigenvalue weighted by molar-refractivity contribution is -0.0365. The van der Waals surface area contributed by atoms with Gasteiger partial charge in [0.25, 0.3) is 5.56 Å². The smallest absolute Gasteiger partial charge is 0.332 e. The van der Waals surface area contributed by atoms with Crippen molar-refractivity contribution in [3.8, 4) is 0 Å². The van der Waals surface area contributed by atoms with E-state index in [2.05, 4.69) is 10.0 Å². The minimum absolute atomic E-state index is 0.264. The second-order valence-corrected chi connectivity index (χ2v) is 4.96. The molecule has 0 aromatic carbocycles. The van der Waals surface area contributed by atoms with Gasteiger partial charge in [0.1, 0.15) is 6.23 Å². The van der Waals surface area contributed by atoms with Crippen LogP contribution in [0.5, 0.6) is 0 Å². The molecule has 114 valence electrons. The van der Waals surface area contributed by atoms with Gasteiger partial charge in [0, 0.05) is 37.3 Å². The highest BCUT2D eigenvalue weighted by Crippen LogP contribution is 2.30. The Hall–Kier alpha value is -2.09. The summed E-state index contributed by atoms with van der Waals surface area (Å²) >= 11 is 0. The van der Waals surface area contributed by atoms with Gasteiger partial charge in [0.05, 0.1) is 18.8 Å². The molecule has 0 saturated carbocycles. The first-order chi connectivity index (χ1) is 9.99. The molecule has 1 saturated heterocycles. The molecular formula is C12H17N5O4. The average molecular weight is 295 g/mol. The summed E-state index contributed by atoms with van der Waals surface area (Å²) < 4.78 is 13.2. The Morgan fingerprint density at radius 3 is 2.90 bits per heavy atom. The highest BCUT2D eigenvalue weighted by atomic mass is 16.5. The van der Waals surface area contributed by atoms with Crippen molar-refractivity contribution >= 4 is 0 Å². The largest absolute Gasteiger partial charge is 0.382 e. The van der Waals surface area contributed by atoms with Gasteiger partial charge in [-0.15, -0.1) is 0 Å². The standard InChI is InChI=1S/C12H17N5O4/c1-7-5-17(12(19)16(2)11(7)18)10-4-8(14-15-13)9(21-10)6-20-3/h5,8-10H,4,6H2,1-3H3/t8-,9?,10+/m0/s1. The zero-order valence-corrected chi connectivity index (χ0v) is 12.1. The van der Waals surface area contributed by atoms with E-state index >= 15 is 0 Å². The van der Waals surface area contributed by atoms with Crippen molar-refractivity contribution in [2.24, 2.45) is 12.2 Å². The first kappa shape index (κ1) is 15.3. The fourth-order valence-corrected chi connectivity index (χ4v) is 2.44. The van der Waals surface area contributed by atoms with Gasteiger partial charge < -0.3 is 9.47 Å². The number of hydrogen-bond acceptors (Lipinski definition) is 5. The topological polar surface area (TPSA) is 111 Å². The van der Waals surface area contributed by atoms with Gasteiger partial charge in [-0.25, -0.2) is 4.79 Å². The van der Waals surface area contributed by atoms with E-state index in [1.54, 1.807) is 6.92 Å². The van der Waals surface area contributed by atoms with Gasteiger partial charge in [-0.2, -0.15) is 0 Å². The summed E-state index contributed by atoms with van der Waals surface area (Å²) in [6.45, 7) is 1.89. The van der Waals surface area contributed by atoms with E-state index in [9.17, 15) is 9.59 Å². The van der Waals surface area contributed by atoms with Gasteiger partial charge in [0.2, 0.25) is 0 Å². The van der Waals surface area contributed by atoms with E-state index in [0.29, 0.717) is 12.0 Å². The van der Waals surface area contributed by atoms with Crippen molar-refractivity contribution in [3.05, 3.63) is 43.0 Å². The average Bonchev–Trinajstić information content (AvgIpc) is 2.84. The van der Waals surface area contributed by atoms with Gasteiger partial charge >= 0.3 is 5.69 Å². The fraction of sp³-hybridized carbons (Fsp3) is 0.667. The Bertz CT molecular complexity index is 688. The van der Waals surface area contributed by atoms with Crippen LogP contribution in [-0.2, 0) is 16.5 Å². The van der Waals surface area contributed by atoms with Gasteiger partial charge in [-0.3, -0.25) is 13.9 Å². The maximum atomic E-state index is 12.2. The van der Waals surface area contributed by atoms with Crippen LogP contribution in [0.3, 0.4) is 0 Å². The zero-order chi connectivity index (χ0) is 15.6. The number of aromatic nitrogens is 2. The molecule has 0 spiro atoms. The van der Waals surface area contributed by atoms with Crippen LogP contribution in [-0.4, -0.2) is 35.0 Å². The molecule has 9 heteroatoms. The summed E-state index contributed by atoms with van der Waals surface area (Å²) in [6.07, 6.45) is 0.826. The highest BCUT2D eigenvalue weighted by molar-refractivity contribution is 5.03. The molecule has 1 fully saturated rings. The lowest BCUT2D eigenvalue weighted by Crippen LogP contribution is -2.40. The zero-order valence-electron chi connectivity index (χ0n) is 12.1. The van der Waals surface area contributed by atoms with Crippen LogP contribution in [0.2, 0.25) is 0 Å². The van der Waals surface area contributed by atoms with Crippen molar-refractivity contribution in [2.75, 3.05) is 13.7 Å². The molecule has 1 aliphatic rings. The van der Waals surface area contributed by atoms with Crippen LogP contribution in [0, 0.1) is 6.92 Å². The molecule has 0 aliphatic carbocycles. The first-order valence-electron chi connectivity index (χ1n) is 6.47. The van der Waals surface area contributed by atoms with Crippen LogP contribution in [0.15, 0.2) is 20.9 Å². The second kappa shape index (κ2) is 6.13. The summed E-state index contributed by atoms with van der Waals surface area (Å²) in [4.78, 5) is 26.7. The number of hydrogen-bond donors (Lipinski definition) is 0. The number of nitrogens with zero attached hydrogens (tertiary/aromatic N) is 5. The molecule has 2 rings (SSSR count). The molecule has 21 heavy (non-hydrogen) atoms. The number of rotatable bonds is 4. The van der Waals surface area contributed by atoms with E-state index < -0.39 is 24.1 Å². The minimum atomic E-state index is -0.585. The lowest BCUT2D eigenvalue weighted by Gasteiger charge is -2.17. The van der Waals surface area contributed by atoms with Crippen molar-refractivity contribution in [1.82, 2.24) is 9.13 Å². The molecule has 0 amide bonds. The summed E-state index contributed by atoms with van der Waals surface area (Å²) in [5.74, 6) is 0. The minimum Gasteiger partial charge on any atom is -0.382 e. The molecule has 1 aliphatic heterocycles. The molecule has 1 unspecified atom stereocenters. The Balaban J connectivity index is 2.38. The molecule has 9 nitrogen and oxygen atoms in total. The Labute approximate surface area is 120 Å². The van der Waals surface area contributed by atoms with E-state index in [1.165, 1.54) is 24.9 Å². The summed E-state index contributed by atoms with van der Waals surface area (Å²) in [7, 11) is 2.94. The van der Waals surface area contributed by atoms with Crippen LogP contribution < -0.4 is 11.2 Å². The Morgan fingerprint density at radius 1 is 1.57 bits per heavy atom. The summed E-state index contributed by atoms with van der Waals surface area (Å²) in [5.41, 5.74) is 8.23. The number of methoxy groups -OCH3 is 1. The van der Waals surface area contributed by atoms with Crippen molar-refractivity contribution in [3.63, 3.8) is 0 Å². The number of aryl methyl sites for hydroxylation is 1. The van der Waals surface area contributed by atoms with Gasteiger partial charge in [-0.05, 0) is 12.5 Å². The number of ether oxygens (including phenoxy) is 2. The molecule has 3 atom stereocenters. The molecule has 0 bridgehead atoms. The quantitative estimate of drug-likeness (QED) is 0.456. The molecule has 1 aromatic heterocycles. The fourth-order valence-electron chi connectivity index (χ4n) is 2.44. The Morgan fingerprint density at radius 2 is 2.29 bits per heavy atom. The van der Waals surface area contributed by atoms with E-state index in [1.807, 2.05) is 0 Å². The normalized spacial score (nSPS) is 24.8. The van der Waals surface area contributed by atoms with Crippen LogP contribution >= 0.6 is 0 Å². The van der Waals surface area contributed by atoms with Crippen LogP contribution in [0.25, 0.3) is 10.4 Å². The van der Waals surface area contributed by atoms with Crippen molar-refractivity contribution in [2.45, 2.75) is 31.7 Å². The maximum absolute atomic E-state index is 12.2. The third-order valence-electron chi connectivity index (χ3n) is 3.53. The van der Waals surface area contributed by atoms with E-state index in [4.69, 9.17) is 15.0 Å². The number of azide groups is 1. The molecule has 1 aromatic rings. The highest BCUT2D eigenvalue weighted by Gasteiger charge is 2.36. The summed E-state index contributed by atoms with van der Waals surface area (Å²) in [6, 6.07) is -0.413. The maximum Gasteiger partial charge on any atom is 0.332 e. The van der Waals surface area contributed by atoms with Crippen molar-refractivity contribution < 1.29 is 9.47 Å². The van der Waals surface area contributed by atoms with Crippen LogP contribution in [0.1, 0.15) is 18.2 Å². The molecular weight excluding hydrogens is 278 g/mol. The second-order valence-electron chi connectivity index (χ2n) is 4.96. The van der Waals surface area contributed by atoms with Crippen LogP contribution in [0.4, 0.5) is 0 Å². The summed E-state index contributed by atoms with van der Waals surface area (Å²) in [5, 5.41) is 3.68. The lowest BCUT2D eigenvalue weighted by atomic mass is 10.1. The first-order valence-corrected chi connectivity index (χ1v) is 6.47.